The van der Waals surface area contributed by atoms with Gasteiger partial charge in [-0.3, -0.25) is 4.79 Å². The summed E-state index contributed by atoms with van der Waals surface area (Å²) >= 11 is 0. The molecule has 0 aliphatic heterocycles. The first-order chi connectivity index (χ1) is 9.35. The Kier molecular flexibility index (Phi) is 4.48. The van der Waals surface area contributed by atoms with E-state index >= 15 is 0 Å². The highest BCUT2D eigenvalue weighted by molar-refractivity contribution is 5.81. The Bertz CT molecular complexity index is 488. The molecule has 1 aliphatic carbocycles. The third-order valence-electron chi connectivity index (χ3n) is 3.67. The normalized spacial score (nSPS) is 15.8. The van der Waals surface area contributed by atoms with Crippen LogP contribution in [0.25, 0.3) is 0 Å². The number of benzene rings is 1. The molecule has 0 saturated heterocycles. The lowest BCUT2D eigenvalue weighted by Gasteiger charge is -2.23. The lowest BCUT2D eigenvalue weighted by molar-refractivity contribution is -0.124. The minimum Gasteiger partial charge on any atom is -0.350 e. The number of nitrogens with one attached hydrogen (secondary N) is 2. The molecule has 0 saturated carbocycles. The largest absolute Gasteiger partial charge is 0.350 e. The Morgan fingerprint density at radius 1 is 1.25 bits per heavy atom. The van der Waals surface area contributed by atoms with Crippen molar-refractivity contribution in [1.82, 2.24) is 10.6 Å². The zero-order valence-electron chi connectivity index (χ0n) is 13.0. The van der Waals surface area contributed by atoms with Crippen LogP contribution < -0.4 is 10.6 Å². The van der Waals surface area contributed by atoms with E-state index in [1.54, 1.807) is 0 Å². The standard InChI is InChI=1S/C17H26N2O/c1-12(16(20)19-17(2,3)4)18-11-13-8-9-14-6-5-7-15(14)10-13/h8-10,12,18H,5-7,11H2,1-4H3,(H,19,20). The number of fused-ring (bicyclic) bond motifs is 1. The summed E-state index contributed by atoms with van der Waals surface area (Å²) in [6, 6.07) is 6.51. The summed E-state index contributed by atoms with van der Waals surface area (Å²) in [5, 5.41) is 6.30. The highest BCUT2D eigenvalue weighted by atomic mass is 16.2. The van der Waals surface area contributed by atoms with Crippen molar-refractivity contribution in [1.29, 1.82) is 0 Å². The Hall–Kier alpha value is -1.35. The molecule has 0 fully saturated rings. The van der Waals surface area contributed by atoms with E-state index in [0.717, 1.165) is 6.54 Å². The van der Waals surface area contributed by atoms with Crippen molar-refractivity contribution < 1.29 is 4.79 Å². The van der Waals surface area contributed by atoms with E-state index in [4.69, 9.17) is 0 Å². The van der Waals surface area contributed by atoms with Gasteiger partial charge in [0.15, 0.2) is 0 Å². The van der Waals surface area contributed by atoms with Gasteiger partial charge >= 0.3 is 0 Å². The summed E-state index contributed by atoms with van der Waals surface area (Å²) in [5.41, 5.74) is 4.06. The number of aryl methyl sites for hydroxylation is 2. The molecule has 0 radical (unpaired) electrons. The predicted octanol–water partition coefficient (Wildman–Crippen LogP) is 2.57. The van der Waals surface area contributed by atoms with Gasteiger partial charge in [0.1, 0.15) is 0 Å². The number of amides is 1. The molecular formula is C17H26N2O. The second-order valence-corrected chi connectivity index (χ2v) is 6.80. The SMILES string of the molecule is CC(NCc1ccc2c(c1)CCC2)C(=O)NC(C)(C)C. The smallest absolute Gasteiger partial charge is 0.237 e. The molecule has 0 aromatic heterocycles. The minimum absolute atomic E-state index is 0.0543. The summed E-state index contributed by atoms with van der Waals surface area (Å²) in [7, 11) is 0. The zero-order chi connectivity index (χ0) is 14.8. The molecule has 1 aliphatic rings. The average Bonchev–Trinajstić information content (AvgIpc) is 2.81. The van der Waals surface area contributed by atoms with Crippen LogP contribution in [0.3, 0.4) is 0 Å². The predicted molar refractivity (Wildman–Crippen MR) is 82.7 cm³/mol. The van der Waals surface area contributed by atoms with Gasteiger partial charge in [-0.15, -0.1) is 0 Å². The number of carbonyl (C=O) groups excluding carboxylic acids is 1. The van der Waals surface area contributed by atoms with Crippen molar-refractivity contribution in [2.45, 2.75) is 65.1 Å². The molecule has 2 rings (SSSR count). The van der Waals surface area contributed by atoms with Crippen molar-refractivity contribution in [3.8, 4) is 0 Å². The van der Waals surface area contributed by atoms with Gasteiger partial charge in [0, 0.05) is 12.1 Å². The summed E-state index contributed by atoms with van der Waals surface area (Å²) in [6.45, 7) is 8.65. The maximum absolute atomic E-state index is 12.0. The fourth-order valence-electron chi connectivity index (χ4n) is 2.58. The zero-order valence-corrected chi connectivity index (χ0v) is 13.0. The molecule has 0 spiro atoms. The van der Waals surface area contributed by atoms with Crippen LogP contribution in [0.4, 0.5) is 0 Å². The monoisotopic (exact) mass is 274 g/mol. The van der Waals surface area contributed by atoms with E-state index in [2.05, 4.69) is 28.8 Å². The molecule has 1 atom stereocenters. The number of hydrogen-bond acceptors (Lipinski definition) is 2. The number of rotatable bonds is 4. The maximum atomic E-state index is 12.0. The van der Waals surface area contributed by atoms with E-state index in [9.17, 15) is 4.79 Å². The van der Waals surface area contributed by atoms with Gasteiger partial charge in [0.2, 0.25) is 5.91 Å². The molecule has 0 bridgehead atoms. The summed E-state index contributed by atoms with van der Waals surface area (Å²) in [5.74, 6) is 0.0543. The second kappa shape index (κ2) is 5.96. The van der Waals surface area contributed by atoms with Crippen molar-refractivity contribution in [3.05, 3.63) is 34.9 Å². The van der Waals surface area contributed by atoms with Crippen molar-refractivity contribution in [2.75, 3.05) is 0 Å². The van der Waals surface area contributed by atoms with Crippen LogP contribution >= 0.6 is 0 Å². The summed E-state index contributed by atoms with van der Waals surface area (Å²) < 4.78 is 0. The van der Waals surface area contributed by atoms with E-state index in [0.29, 0.717) is 0 Å². The molecule has 110 valence electrons. The van der Waals surface area contributed by atoms with Gasteiger partial charge < -0.3 is 10.6 Å². The number of carbonyl (C=O) groups is 1. The van der Waals surface area contributed by atoms with Crippen molar-refractivity contribution in [2.24, 2.45) is 0 Å². The summed E-state index contributed by atoms with van der Waals surface area (Å²) in [4.78, 5) is 12.0. The van der Waals surface area contributed by atoms with Crippen molar-refractivity contribution >= 4 is 5.91 Å². The fraction of sp³-hybridized carbons (Fsp3) is 0.588. The quantitative estimate of drug-likeness (QED) is 0.886. The Morgan fingerprint density at radius 2 is 1.95 bits per heavy atom. The van der Waals surface area contributed by atoms with Gasteiger partial charge in [-0.05, 0) is 63.6 Å². The molecule has 1 unspecified atom stereocenters. The molecule has 1 amide bonds. The molecule has 3 nitrogen and oxygen atoms in total. The topological polar surface area (TPSA) is 41.1 Å². The number of hydrogen-bond donors (Lipinski definition) is 2. The van der Waals surface area contributed by atoms with Crippen LogP contribution in [0.15, 0.2) is 18.2 Å². The highest BCUT2D eigenvalue weighted by Crippen LogP contribution is 2.22. The lowest BCUT2D eigenvalue weighted by Crippen LogP contribution is -2.49. The van der Waals surface area contributed by atoms with E-state index < -0.39 is 0 Å². The van der Waals surface area contributed by atoms with E-state index in [1.165, 1.54) is 36.0 Å². The molecule has 20 heavy (non-hydrogen) atoms. The maximum Gasteiger partial charge on any atom is 0.237 e. The van der Waals surface area contributed by atoms with E-state index in [-0.39, 0.29) is 17.5 Å². The van der Waals surface area contributed by atoms with Crippen LogP contribution in [0.5, 0.6) is 0 Å². The first-order valence-electron chi connectivity index (χ1n) is 7.51. The molecule has 1 aromatic rings. The molecule has 1 aromatic carbocycles. The lowest BCUT2D eigenvalue weighted by atomic mass is 10.1. The Balaban J connectivity index is 1.87. The summed E-state index contributed by atoms with van der Waals surface area (Å²) in [6.07, 6.45) is 3.69. The van der Waals surface area contributed by atoms with Crippen LogP contribution in [-0.4, -0.2) is 17.5 Å². The first-order valence-corrected chi connectivity index (χ1v) is 7.51. The van der Waals surface area contributed by atoms with Crippen LogP contribution in [0.1, 0.15) is 50.8 Å². The molecule has 0 heterocycles. The van der Waals surface area contributed by atoms with Gasteiger partial charge in [-0.2, -0.15) is 0 Å². The minimum atomic E-state index is -0.180. The highest BCUT2D eigenvalue weighted by Gasteiger charge is 2.19. The third-order valence-corrected chi connectivity index (χ3v) is 3.67. The van der Waals surface area contributed by atoms with Crippen LogP contribution in [0.2, 0.25) is 0 Å². The van der Waals surface area contributed by atoms with E-state index in [1.807, 2.05) is 27.7 Å². The van der Waals surface area contributed by atoms with Crippen molar-refractivity contribution in [3.63, 3.8) is 0 Å². The average molecular weight is 274 g/mol. The molecule has 2 N–H and O–H groups in total. The first kappa shape index (κ1) is 15.0. The van der Waals surface area contributed by atoms with Gasteiger partial charge in [0.25, 0.3) is 0 Å². The Morgan fingerprint density at radius 3 is 2.65 bits per heavy atom. The van der Waals surface area contributed by atoms with Gasteiger partial charge in [0.05, 0.1) is 6.04 Å². The second-order valence-electron chi connectivity index (χ2n) is 6.80. The van der Waals surface area contributed by atoms with Crippen LogP contribution in [0, 0.1) is 0 Å². The Labute approximate surface area is 122 Å². The van der Waals surface area contributed by atoms with Crippen LogP contribution in [-0.2, 0) is 24.2 Å². The van der Waals surface area contributed by atoms with Gasteiger partial charge in [-0.1, -0.05) is 18.2 Å². The third kappa shape index (κ3) is 4.07. The fourth-order valence-corrected chi connectivity index (χ4v) is 2.58. The molecule has 3 heteroatoms. The molecular weight excluding hydrogens is 248 g/mol. The van der Waals surface area contributed by atoms with Gasteiger partial charge in [-0.25, -0.2) is 0 Å².